The van der Waals surface area contributed by atoms with Crippen LogP contribution in [0.1, 0.15) is 23.6 Å². The number of carbonyl (C=O) groups excluding carboxylic acids is 1. The van der Waals surface area contributed by atoms with Gasteiger partial charge in [-0.2, -0.15) is 0 Å². The zero-order valence-corrected chi connectivity index (χ0v) is 26.7. The number of rotatable bonds is 19. The van der Waals surface area contributed by atoms with E-state index in [0.29, 0.717) is 0 Å². The molecule has 1 saturated heterocycles. The first kappa shape index (κ1) is 35.6. The number of phosphoric acid groups is 1. The number of amides is 1. The van der Waals surface area contributed by atoms with Gasteiger partial charge in [-0.1, -0.05) is 97.1 Å². The smallest absolute Gasteiger partial charge is 0.368 e. The number of ether oxygens (including phenoxy) is 5. The van der Waals surface area contributed by atoms with Crippen molar-refractivity contribution in [2.45, 2.75) is 57.5 Å². The zero-order valence-electron chi connectivity index (χ0n) is 25.8. The fourth-order valence-corrected chi connectivity index (χ4v) is 5.50. The SMILES string of the molecule is C=CCOC1O[C@H](COP(=O)(O)OCCNC(C)=O)[C@@H](OCc2ccccc2)[C@H](OCc2ccccc2)[C@@H]1OCc1ccccc1. The lowest BCUT2D eigenvalue weighted by molar-refractivity contribution is -0.324. The van der Waals surface area contributed by atoms with Gasteiger partial charge >= 0.3 is 7.82 Å². The van der Waals surface area contributed by atoms with Gasteiger partial charge in [0.25, 0.3) is 0 Å². The highest BCUT2D eigenvalue weighted by molar-refractivity contribution is 7.47. The third-order valence-electron chi connectivity index (χ3n) is 6.96. The summed E-state index contributed by atoms with van der Waals surface area (Å²) in [5.74, 6) is -0.289. The third-order valence-corrected chi connectivity index (χ3v) is 7.94. The number of hydrogen-bond acceptors (Lipinski definition) is 9. The molecule has 46 heavy (non-hydrogen) atoms. The first-order valence-electron chi connectivity index (χ1n) is 15.1. The summed E-state index contributed by atoms with van der Waals surface area (Å²) in [6.45, 7) is 5.34. The van der Waals surface area contributed by atoms with Crippen LogP contribution in [-0.2, 0) is 61.9 Å². The topological polar surface area (TPSA) is 131 Å². The van der Waals surface area contributed by atoms with Gasteiger partial charge in [0, 0.05) is 13.5 Å². The van der Waals surface area contributed by atoms with Gasteiger partial charge in [-0.25, -0.2) is 4.57 Å². The van der Waals surface area contributed by atoms with E-state index in [1.54, 1.807) is 6.08 Å². The Kier molecular flexibility index (Phi) is 14.6. The summed E-state index contributed by atoms with van der Waals surface area (Å²) in [5.41, 5.74) is 2.78. The molecular formula is C34H42NO10P. The summed E-state index contributed by atoms with van der Waals surface area (Å²) in [4.78, 5) is 21.5. The number of benzene rings is 3. The van der Waals surface area contributed by atoms with Crippen LogP contribution >= 0.6 is 7.82 Å². The predicted molar refractivity (Wildman–Crippen MR) is 170 cm³/mol. The minimum absolute atomic E-state index is 0.0410. The molecule has 3 aromatic rings. The number of carbonyl (C=O) groups is 1. The molecule has 3 aromatic carbocycles. The van der Waals surface area contributed by atoms with Gasteiger partial charge in [0.05, 0.1) is 39.6 Å². The molecule has 4 rings (SSSR count). The van der Waals surface area contributed by atoms with Crippen LogP contribution < -0.4 is 5.32 Å². The minimum Gasteiger partial charge on any atom is -0.368 e. The molecule has 1 aliphatic heterocycles. The van der Waals surface area contributed by atoms with Crippen molar-refractivity contribution in [1.29, 1.82) is 0 Å². The standard InChI is InChI=1S/C34H42NO10P/c1-3-20-39-34-33(42-24-29-17-11-6-12-18-29)32(41-23-28-15-9-5-10-16-28)31(40-22-27-13-7-4-8-14-27)30(45-34)25-44-46(37,38)43-21-19-35-26(2)36/h3-18,30-34H,1,19-25H2,2H3,(H,35,36)(H,37,38)/t30-,31-,32+,33+,34?/m1/s1. The molecule has 248 valence electrons. The van der Waals surface area contributed by atoms with E-state index in [1.807, 2.05) is 91.0 Å². The lowest BCUT2D eigenvalue weighted by atomic mass is 9.98. The zero-order chi connectivity index (χ0) is 32.6. The second-order valence-corrected chi connectivity index (χ2v) is 12.0. The summed E-state index contributed by atoms with van der Waals surface area (Å²) >= 11 is 0. The molecule has 0 radical (unpaired) electrons. The summed E-state index contributed by atoms with van der Waals surface area (Å²) in [7, 11) is -4.53. The second kappa shape index (κ2) is 18.8. The first-order chi connectivity index (χ1) is 22.3. The van der Waals surface area contributed by atoms with Crippen molar-refractivity contribution in [1.82, 2.24) is 5.32 Å². The number of phosphoric ester groups is 1. The molecule has 1 heterocycles. The minimum atomic E-state index is -4.53. The summed E-state index contributed by atoms with van der Waals surface area (Å²) in [6.07, 6.45) is -2.67. The van der Waals surface area contributed by atoms with Crippen molar-refractivity contribution in [3.05, 3.63) is 120 Å². The van der Waals surface area contributed by atoms with Crippen LogP contribution in [0.25, 0.3) is 0 Å². The summed E-state index contributed by atoms with van der Waals surface area (Å²) < 4.78 is 55.0. The molecule has 1 aliphatic rings. The molecule has 12 heteroatoms. The summed E-state index contributed by atoms with van der Waals surface area (Å²) in [6, 6.07) is 28.9. The van der Waals surface area contributed by atoms with E-state index in [1.165, 1.54) is 6.92 Å². The third kappa shape index (κ3) is 11.9. The monoisotopic (exact) mass is 655 g/mol. The van der Waals surface area contributed by atoms with E-state index < -0.39 is 45.1 Å². The van der Waals surface area contributed by atoms with Crippen LogP contribution in [0.5, 0.6) is 0 Å². The van der Waals surface area contributed by atoms with Gasteiger partial charge < -0.3 is 33.9 Å². The predicted octanol–water partition coefficient (Wildman–Crippen LogP) is 4.94. The average Bonchev–Trinajstić information content (AvgIpc) is 3.07. The molecule has 0 bridgehead atoms. The van der Waals surface area contributed by atoms with E-state index >= 15 is 0 Å². The summed E-state index contributed by atoms with van der Waals surface area (Å²) in [5, 5.41) is 2.50. The van der Waals surface area contributed by atoms with Gasteiger partial charge in [-0.15, -0.1) is 6.58 Å². The molecular weight excluding hydrogens is 613 g/mol. The average molecular weight is 656 g/mol. The molecule has 6 atom stereocenters. The maximum Gasteiger partial charge on any atom is 0.472 e. The normalized spacial score (nSPS) is 22.5. The van der Waals surface area contributed by atoms with Crippen molar-refractivity contribution in [2.75, 3.05) is 26.4 Å². The van der Waals surface area contributed by atoms with Crippen LogP contribution in [0.2, 0.25) is 0 Å². The van der Waals surface area contributed by atoms with Gasteiger partial charge in [-0.05, 0) is 16.7 Å². The van der Waals surface area contributed by atoms with Gasteiger partial charge in [-0.3, -0.25) is 13.8 Å². The van der Waals surface area contributed by atoms with Crippen molar-refractivity contribution < 1.29 is 47.0 Å². The molecule has 1 fully saturated rings. The van der Waals surface area contributed by atoms with Gasteiger partial charge in [0.15, 0.2) is 6.29 Å². The van der Waals surface area contributed by atoms with Gasteiger partial charge in [0.1, 0.15) is 24.4 Å². The molecule has 11 nitrogen and oxygen atoms in total. The lowest BCUT2D eigenvalue weighted by Gasteiger charge is -2.45. The Morgan fingerprint density at radius 1 is 0.804 bits per heavy atom. The van der Waals surface area contributed by atoms with Crippen molar-refractivity contribution in [3.8, 4) is 0 Å². The van der Waals surface area contributed by atoms with Crippen LogP contribution in [0.15, 0.2) is 104 Å². The fourth-order valence-electron chi connectivity index (χ4n) is 4.77. The van der Waals surface area contributed by atoms with E-state index in [9.17, 15) is 14.3 Å². The number of nitrogens with one attached hydrogen (secondary N) is 1. The van der Waals surface area contributed by atoms with E-state index in [-0.39, 0.29) is 45.5 Å². The van der Waals surface area contributed by atoms with Crippen LogP contribution in [0, 0.1) is 0 Å². The molecule has 0 spiro atoms. The maximum absolute atomic E-state index is 12.8. The molecule has 0 aliphatic carbocycles. The van der Waals surface area contributed by atoms with E-state index in [0.717, 1.165) is 16.7 Å². The highest BCUT2D eigenvalue weighted by atomic mass is 31.2. The van der Waals surface area contributed by atoms with Gasteiger partial charge in [0.2, 0.25) is 5.91 Å². The lowest BCUT2D eigenvalue weighted by Crippen LogP contribution is -2.61. The Balaban J connectivity index is 1.60. The van der Waals surface area contributed by atoms with Crippen molar-refractivity contribution >= 4 is 13.7 Å². The van der Waals surface area contributed by atoms with E-state index in [4.69, 9.17) is 32.7 Å². The van der Waals surface area contributed by atoms with E-state index in [2.05, 4.69) is 11.9 Å². The Morgan fingerprint density at radius 3 is 1.80 bits per heavy atom. The second-order valence-electron chi connectivity index (χ2n) is 10.5. The Hall–Kier alpha value is -3.22. The number of hydrogen-bond donors (Lipinski definition) is 2. The molecule has 2 unspecified atom stereocenters. The Bertz CT molecular complexity index is 1360. The Labute approximate surface area is 270 Å². The highest BCUT2D eigenvalue weighted by Gasteiger charge is 2.49. The van der Waals surface area contributed by atoms with Crippen LogP contribution in [0.3, 0.4) is 0 Å². The van der Waals surface area contributed by atoms with Crippen LogP contribution in [-0.4, -0.2) is 67.9 Å². The molecule has 0 aromatic heterocycles. The highest BCUT2D eigenvalue weighted by Crippen LogP contribution is 2.44. The largest absolute Gasteiger partial charge is 0.472 e. The van der Waals surface area contributed by atoms with Crippen LogP contribution in [0.4, 0.5) is 0 Å². The maximum atomic E-state index is 12.8. The fraction of sp³-hybridized carbons (Fsp3) is 0.382. The van der Waals surface area contributed by atoms with Crippen molar-refractivity contribution in [2.24, 2.45) is 0 Å². The Morgan fingerprint density at radius 2 is 1.30 bits per heavy atom. The molecule has 0 saturated carbocycles. The first-order valence-corrected chi connectivity index (χ1v) is 16.5. The molecule has 2 N–H and O–H groups in total. The molecule has 1 amide bonds. The van der Waals surface area contributed by atoms with Crippen molar-refractivity contribution in [3.63, 3.8) is 0 Å². The quantitative estimate of drug-likeness (QED) is 0.104.